The van der Waals surface area contributed by atoms with Gasteiger partial charge in [-0.25, -0.2) is 4.39 Å². The Bertz CT molecular complexity index is 361. The van der Waals surface area contributed by atoms with Crippen LogP contribution in [0, 0.1) is 11.7 Å². The summed E-state index contributed by atoms with van der Waals surface area (Å²) < 4.78 is 13.1. The molecule has 1 saturated heterocycles. The lowest BCUT2D eigenvalue weighted by Gasteiger charge is -2.27. The van der Waals surface area contributed by atoms with Crippen molar-refractivity contribution < 1.29 is 9.18 Å². The summed E-state index contributed by atoms with van der Waals surface area (Å²) in [5, 5.41) is 3.28. The summed E-state index contributed by atoms with van der Waals surface area (Å²) in [6.07, 6.45) is 3.07. The molecule has 0 bridgehead atoms. The van der Waals surface area contributed by atoms with Gasteiger partial charge in [0.2, 0.25) is 0 Å². The number of carbonyl (C=O) groups is 1. The van der Waals surface area contributed by atoms with E-state index in [9.17, 15) is 9.18 Å². The first-order valence-electron chi connectivity index (χ1n) is 5.72. The van der Waals surface area contributed by atoms with Gasteiger partial charge in [-0.1, -0.05) is 12.1 Å². The molecule has 1 aromatic rings. The predicted octanol–water partition coefficient (Wildman–Crippen LogP) is 2.11. The Kier molecular flexibility index (Phi) is 3.67. The Morgan fingerprint density at radius 3 is 3.00 bits per heavy atom. The topological polar surface area (TPSA) is 29.1 Å². The number of piperidine rings is 1. The van der Waals surface area contributed by atoms with Crippen molar-refractivity contribution in [1.82, 2.24) is 5.32 Å². The minimum Gasteiger partial charge on any atom is -0.316 e. The molecule has 1 fully saturated rings. The van der Waals surface area contributed by atoms with Gasteiger partial charge in [-0.2, -0.15) is 0 Å². The third kappa shape index (κ3) is 2.47. The zero-order valence-electron chi connectivity index (χ0n) is 9.16. The Morgan fingerprint density at radius 1 is 1.50 bits per heavy atom. The summed E-state index contributed by atoms with van der Waals surface area (Å²) in [6, 6.07) is 6.37. The molecule has 0 radical (unpaired) electrons. The van der Waals surface area contributed by atoms with E-state index in [-0.39, 0.29) is 11.7 Å². The van der Waals surface area contributed by atoms with E-state index in [2.05, 4.69) is 5.32 Å². The van der Waals surface area contributed by atoms with Gasteiger partial charge in [0.25, 0.3) is 0 Å². The van der Waals surface area contributed by atoms with Gasteiger partial charge in [0.05, 0.1) is 0 Å². The van der Waals surface area contributed by atoms with Crippen molar-refractivity contribution in [2.45, 2.75) is 18.8 Å². The summed E-state index contributed by atoms with van der Waals surface area (Å²) in [5.41, 5.74) is 0.795. The molecule has 86 valence electrons. The van der Waals surface area contributed by atoms with Gasteiger partial charge < -0.3 is 10.1 Å². The first-order valence-corrected chi connectivity index (χ1v) is 5.72. The highest BCUT2D eigenvalue weighted by atomic mass is 19.1. The van der Waals surface area contributed by atoms with Crippen LogP contribution in [0.2, 0.25) is 0 Å². The molecule has 2 nitrogen and oxygen atoms in total. The highest BCUT2D eigenvalue weighted by Gasteiger charge is 2.24. The van der Waals surface area contributed by atoms with Crippen molar-refractivity contribution >= 4 is 6.29 Å². The Morgan fingerprint density at radius 2 is 2.38 bits per heavy atom. The molecule has 1 aliphatic rings. The van der Waals surface area contributed by atoms with Gasteiger partial charge >= 0.3 is 0 Å². The number of aldehydes is 1. The number of nitrogens with one attached hydrogen (secondary N) is 1. The first kappa shape index (κ1) is 11.3. The molecular weight excluding hydrogens is 205 g/mol. The van der Waals surface area contributed by atoms with Crippen molar-refractivity contribution in [3.8, 4) is 0 Å². The number of benzene rings is 1. The number of carbonyl (C=O) groups excluding carboxylic acids is 1. The van der Waals surface area contributed by atoms with Crippen LogP contribution >= 0.6 is 0 Å². The molecule has 0 aromatic heterocycles. The summed E-state index contributed by atoms with van der Waals surface area (Å²) in [6.45, 7) is 1.87. The second-order valence-electron chi connectivity index (χ2n) is 4.32. The van der Waals surface area contributed by atoms with Crippen molar-refractivity contribution in [3.63, 3.8) is 0 Å². The van der Waals surface area contributed by atoms with E-state index in [1.54, 1.807) is 6.07 Å². The second kappa shape index (κ2) is 5.21. The van der Waals surface area contributed by atoms with Gasteiger partial charge in [0.15, 0.2) is 0 Å². The Hall–Kier alpha value is -1.22. The molecule has 16 heavy (non-hydrogen) atoms. The van der Waals surface area contributed by atoms with Crippen molar-refractivity contribution in [2.24, 2.45) is 5.92 Å². The SMILES string of the molecule is O=CC(c1cccc(F)c1)C1CCCNC1. The minimum absolute atomic E-state index is 0.177. The average Bonchev–Trinajstić information content (AvgIpc) is 2.31. The van der Waals surface area contributed by atoms with Crippen LogP contribution < -0.4 is 5.32 Å². The van der Waals surface area contributed by atoms with E-state index in [0.717, 1.165) is 37.8 Å². The quantitative estimate of drug-likeness (QED) is 0.792. The van der Waals surface area contributed by atoms with Crippen LogP contribution in [0.4, 0.5) is 4.39 Å². The molecule has 0 amide bonds. The average molecular weight is 221 g/mol. The van der Waals surface area contributed by atoms with Gasteiger partial charge in [-0.15, -0.1) is 0 Å². The highest BCUT2D eigenvalue weighted by Crippen LogP contribution is 2.28. The molecule has 0 saturated carbocycles. The monoisotopic (exact) mass is 221 g/mol. The van der Waals surface area contributed by atoms with E-state index in [0.29, 0.717) is 5.92 Å². The standard InChI is InChI=1S/C13H16FNO/c14-12-5-1-3-10(7-12)13(9-16)11-4-2-6-15-8-11/h1,3,5,7,9,11,13,15H,2,4,6,8H2. The molecule has 2 atom stereocenters. The van der Waals surface area contributed by atoms with E-state index >= 15 is 0 Å². The van der Waals surface area contributed by atoms with Crippen molar-refractivity contribution in [1.29, 1.82) is 0 Å². The van der Waals surface area contributed by atoms with Gasteiger partial charge in [-0.3, -0.25) is 0 Å². The van der Waals surface area contributed by atoms with E-state index < -0.39 is 0 Å². The summed E-state index contributed by atoms with van der Waals surface area (Å²) in [7, 11) is 0. The van der Waals surface area contributed by atoms with Gasteiger partial charge in [0, 0.05) is 5.92 Å². The van der Waals surface area contributed by atoms with Crippen LogP contribution in [0.5, 0.6) is 0 Å². The third-order valence-electron chi connectivity index (χ3n) is 3.22. The molecular formula is C13H16FNO. The van der Waals surface area contributed by atoms with Crippen LogP contribution in [0.15, 0.2) is 24.3 Å². The fourth-order valence-electron chi connectivity index (χ4n) is 2.36. The number of hydrogen-bond donors (Lipinski definition) is 1. The fourth-order valence-corrected chi connectivity index (χ4v) is 2.36. The van der Waals surface area contributed by atoms with Crippen molar-refractivity contribution in [2.75, 3.05) is 13.1 Å². The molecule has 2 rings (SSSR count). The molecule has 2 unspecified atom stereocenters. The Balaban J connectivity index is 2.17. The molecule has 1 N–H and O–H groups in total. The first-order chi connectivity index (χ1) is 7.81. The van der Waals surface area contributed by atoms with E-state index in [1.165, 1.54) is 12.1 Å². The second-order valence-corrected chi connectivity index (χ2v) is 4.32. The molecule has 1 aliphatic heterocycles. The van der Waals surface area contributed by atoms with Crippen LogP contribution in [-0.2, 0) is 4.79 Å². The molecule has 1 heterocycles. The predicted molar refractivity (Wildman–Crippen MR) is 60.8 cm³/mol. The lowest BCUT2D eigenvalue weighted by atomic mass is 9.82. The third-order valence-corrected chi connectivity index (χ3v) is 3.22. The maximum Gasteiger partial charge on any atom is 0.127 e. The minimum atomic E-state index is -0.270. The van der Waals surface area contributed by atoms with Crippen molar-refractivity contribution in [3.05, 3.63) is 35.6 Å². The van der Waals surface area contributed by atoms with Crippen LogP contribution in [-0.4, -0.2) is 19.4 Å². The highest BCUT2D eigenvalue weighted by molar-refractivity contribution is 5.62. The molecule has 0 spiro atoms. The number of halogens is 1. The smallest absolute Gasteiger partial charge is 0.127 e. The summed E-state index contributed by atoms with van der Waals surface area (Å²) in [5.74, 6) is -0.148. The van der Waals surface area contributed by atoms with Crippen LogP contribution in [0.3, 0.4) is 0 Å². The zero-order chi connectivity index (χ0) is 11.4. The lowest BCUT2D eigenvalue weighted by molar-refractivity contribution is -0.110. The summed E-state index contributed by atoms with van der Waals surface area (Å²) in [4.78, 5) is 11.2. The largest absolute Gasteiger partial charge is 0.316 e. The maximum atomic E-state index is 13.1. The maximum absolute atomic E-state index is 13.1. The zero-order valence-corrected chi connectivity index (χ0v) is 9.16. The van der Waals surface area contributed by atoms with Crippen LogP contribution in [0.1, 0.15) is 24.3 Å². The van der Waals surface area contributed by atoms with Crippen LogP contribution in [0.25, 0.3) is 0 Å². The van der Waals surface area contributed by atoms with E-state index in [4.69, 9.17) is 0 Å². The lowest BCUT2D eigenvalue weighted by Crippen LogP contribution is -2.33. The van der Waals surface area contributed by atoms with E-state index in [1.807, 2.05) is 6.07 Å². The Labute approximate surface area is 94.9 Å². The molecule has 1 aromatic carbocycles. The molecule has 3 heteroatoms. The normalized spacial score (nSPS) is 22.7. The van der Waals surface area contributed by atoms with Gasteiger partial charge in [0.1, 0.15) is 12.1 Å². The number of rotatable bonds is 3. The van der Waals surface area contributed by atoms with Gasteiger partial charge in [-0.05, 0) is 49.5 Å². The molecule has 0 aliphatic carbocycles. The number of hydrogen-bond acceptors (Lipinski definition) is 2. The fraction of sp³-hybridized carbons (Fsp3) is 0.462. The summed E-state index contributed by atoms with van der Waals surface area (Å²) >= 11 is 0.